The SMILES string of the molecule is CCSNC(N)=S.Cl. The van der Waals surface area contributed by atoms with E-state index >= 15 is 0 Å². The standard InChI is InChI=1S/C3H8N2S2.ClH/c1-2-7-5-3(4)6;/h2H2,1H3,(H3,4,5,6);1H. The molecular weight excluding hydrogens is 164 g/mol. The quantitative estimate of drug-likeness (QED) is 0.480. The molecule has 5 heteroatoms. The Morgan fingerprint density at radius 1 is 1.88 bits per heavy atom. The molecule has 0 aromatic rings. The fraction of sp³-hybridized carbons (Fsp3) is 0.667. The molecule has 0 spiro atoms. The molecule has 0 bridgehead atoms. The van der Waals surface area contributed by atoms with Crippen molar-refractivity contribution in [2.75, 3.05) is 5.75 Å². The Bertz CT molecular complexity index is 68.3. The Morgan fingerprint density at radius 2 is 2.38 bits per heavy atom. The van der Waals surface area contributed by atoms with Gasteiger partial charge in [0.15, 0.2) is 5.11 Å². The highest BCUT2D eigenvalue weighted by Crippen LogP contribution is 1.87. The molecule has 0 unspecified atom stereocenters. The summed E-state index contributed by atoms with van der Waals surface area (Å²) in [6.07, 6.45) is 0. The Balaban J connectivity index is 0. The number of nitrogens with one attached hydrogen (secondary N) is 1. The van der Waals surface area contributed by atoms with E-state index in [4.69, 9.17) is 5.73 Å². The van der Waals surface area contributed by atoms with Crippen molar-refractivity contribution in [3.63, 3.8) is 0 Å². The third kappa shape index (κ3) is 9.59. The second-order valence-electron chi connectivity index (χ2n) is 0.899. The highest BCUT2D eigenvalue weighted by atomic mass is 35.5. The summed E-state index contributed by atoms with van der Waals surface area (Å²) in [6.45, 7) is 2.02. The van der Waals surface area contributed by atoms with E-state index in [9.17, 15) is 0 Å². The van der Waals surface area contributed by atoms with Gasteiger partial charge in [0, 0.05) is 5.75 Å². The molecule has 0 heterocycles. The molecule has 0 aromatic heterocycles. The van der Waals surface area contributed by atoms with Crippen LogP contribution >= 0.6 is 36.6 Å². The van der Waals surface area contributed by atoms with Gasteiger partial charge in [-0.3, -0.25) is 0 Å². The first-order valence-electron chi connectivity index (χ1n) is 1.94. The van der Waals surface area contributed by atoms with E-state index in [0.717, 1.165) is 5.75 Å². The van der Waals surface area contributed by atoms with Gasteiger partial charge in [-0.05, 0) is 12.2 Å². The first-order chi connectivity index (χ1) is 3.27. The van der Waals surface area contributed by atoms with E-state index < -0.39 is 0 Å². The van der Waals surface area contributed by atoms with Gasteiger partial charge in [-0.25, -0.2) is 0 Å². The Labute approximate surface area is 65.1 Å². The third-order valence-electron chi connectivity index (χ3n) is 0.317. The van der Waals surface area contributed by atoms with Crippen molar-refractivity contribution >= 4 is 41.7 Å². The van der Waals surface area contributed by atoms with Gasteiger partial charge in [-0.15, -0.1) is 12.4 Å². The van der Waals surface area contributed by atoms with Crippen LogP contribution in [0.2, 0.25) is 0 Å². The van der Waals surface area contributed by atoms with Gasteiger partial charge in [-0.1, -0.05) is 18.9 Å². The van der Waals surface area contributed by atoms with Crippen LogP contribution in [0.15, 0.2) is 0 Å². The van der Waals surface area contributed by atoms with Crippen LogP contribution in [-0.2, 0) is 0 Å². The molecule has 0 aromatic carbocycles. The molecule has 0 aliphatic carbocycles. The summed E-state index contributed by atoms with van der Waals surface area (Å²) in [4.78, 5) is 0. The molecule has 0 amide bonds. The summed E-state index contributed by atoms with van der Waals surface area (Å²) in [5, 5.41) is 0.354. The minimum absolute atomic E-state index is 0. The van der Waals surface area contributed by atoms with Gasteiger partial charge >= 0.3 is 0 Å². The highest BCUT2D eigenvalue weighted by Gasteiger charge is 1.79. The van der Waals surface area contributed by atoms with Gasteiger partial charge < -0.3 is 10.5 Å². The van der Waals surface area contributed by atoms with Crippen molar-refractivity contribution in [2.45, 2.75) is 6.92 Å². The van der Waals surface area contributed by atoms with Crippen molar-refractivity contribution in [2.24, 2.45) is 5.73 Å². The van der Waals surface area contributed by atoms with Crippen LogP contribution in [0.1, 0.15) is 6.92 Å². The molecule has 0 atom stereocenters. The molecule has 0 aliphatic heterocycles. The Hall–Kier alpha value is 0.330. The largest absolute Gasteiger partial charge is 0.376 e. The predicted octanol–water partition coefficient (Wildman–Crippen LogP) is 0.909. The lowest BCUT2D eigenvalue weighted by Gasteiger charge is -1.95. The monoisotopic (exact) mass is 172 g/mol. The Kier molecular flexibility index (Phi) is 10.2. The minimum Gasteiger partial charge on any atom is -0.376 e. The lowest BCUT2D eigenvalue weighted by molar-refractivity contribution is 1.44. The molecule has 3 N–H and O–H groups in total. The number of halogens is 1. The zero-order chi connectivity index (χ0) is 5.70. The molecule has 0 radical (unpaired) electrons. The fourth-order valence-electron chi connectivity index (χ4n) is 0.143. The van der Waals surface area contributed by atoms with Crippen molar-refractivity contribution in [1.82, 2.24) is 4.72 Å². The number of hydrogen-bond donors (Lipinski definition) is 2. The van der Waals surface area contributed by atoms with Crippen LogP contribution < -0.4 is 10.5 Å². The Morgan fingerprint density at radius 3 is 2.50 bits per heavy atom. The number of rotatable bonds is 2. The summed E-state index contributed by atoms with van der Waals surface area (Å²) in [7, 11) is 0. The topological polar surface area (TPSA) is 38.0 Å². The van der Waals surface area contributed by atoms with Gasteiger partial charge in [0.05, 0.1) is 0 Å². The summed E-state index contributed by atoms with van der Waals surface area (Å²) < 4.78 is 2.72. The second-order valence-corrected chi connectivity index (χ2v) is 2.41. The van der Waals surface area contributed by atoms with Crippen molar-refractivity contribution in [1.29, 1.82) is 0 Å². The first-order valence-corrected chi connectivity index (χ1v) is 3.34. The predicted molar refractivity (Wildman–Crippen MR) is 45.3 cm³/mol. The van der Waals surface area contributed by atoms with E-state index in [0.29, 0.717) is 5.11 Å². The minimum atomic E-state index is 0. The average molecular weight is 173 g/mol. The maximum atomic E-state index is 5.08. The van der Waals surface area contributed by atoms with E-state index in [2.05, 4.69) is 16.9 Å². The number of hydrogen-bond acceptors (Lipinski definition) is 2. The summed E-state index contributed by atoms with van der Waals surface area (Å²) in [6, 6.07) is 0. The van der Waals surface area contributed by atoms with Gasteiger partial charge in [0.25, 0.3) is 0 Å². The smallest absolute Gasteiger partial charge is 0.173 e. The van der Waals surface area contributed by atoms with Crippen LogP contribution in [-0.4, -0.2) is 10.9 Å². The molecule has 8 heavy (non-hydrogen) atoms. The lowest BCUT2D eigenvalue weighted by atomic mass is 11.0. The molecule has 0 saturated heterocycles. The van der Waals surface area contributed by atoms with Crippen LogP contribution in [0.3, 0.4) is 0 Å². The van der Waals surface area contributed by atoms with E-state index in [1.807, 2.05) is 6.92 Å². The zero-order valence-corrected chi connectivity index (χ0v) is 6.96. The molecular formula is C3H9ClN2S2. The third-order valence-corrected chi connectivity index (χ3v) is 1.20. The van der Waals surface area contributed by atoms with Gasteiger partial charge in [0.2, 0.25) is 0 Å². The van der Waals surface area contributed by atoms with Crippen LogP contribution in [0.25, 0.3) is 0 Å². The second kappa shape index (κ2) is 7.33. The molecule has 0 rings (SSSR count). The lowest BCUT2D eigenvalue weighted by Crippen LogP contribution is -2.22. The molecule has 2 nitrogen and oxygen atoms in total. The normalized spacial score (nSPS) is 7.12. The van der Waals surface area contributed by atoms with Crippen LogP contribution in [0, 0.1) is 0 Å². The molecule has 0 fully saturated rings. The number of nitrogens with two attached hydrogens (primary N) is 1. The van der Waals surface area contributed by atoms with Crippen molar-refractivity contribution in [3.05, 3.63) is 0 Å². The van der Waals surface area contributed by atoms with Gasteiger partial charge in [0.1, 0.15) is 0 Å². The summed E-state index contributed by atoms with van der Waals surface area (Å²) in [5.74, 6) is 0.983. The fourth-order valence-corrected chi connectivity index (χ4v) is 0.607. The van der Waals surface area contributed by atoms with Gasteiger partial charge in [-0.2, -0.15) is 0 Å². The zero-order valence-electron chi connectivity index (χ0n) is 4.51. The maximum Gasteiger partial charge on any atom is 0.173 e. The first kappa shape index (κ1) is 11.2. The summed E-state index contributed by atoms with van der Waals surface area (Å²) >= 11 is 6.01. The molecule has 50 valence electrons. The number of thiocarbonyl (C=S) groups is 1. The molecule has 0 saturated carbocycles. The highest BCUT2D eigenvalue weighted by molar-refractivity contribution is 7.98. The average Bonchev–Trinajstić information content (AvgIpc) is 1.61. The van der Waals surface area contributed by atoms with Crippen LogP contribution in [0.5, 0.6) is 0 Å². The summed E-state index contributed by atoms with van der Waals surface area (Å²) in [5.41, 5.74) is 5.08. The van der Waals surface area contributed by atoms with Crippen molar-refractivity contribution < 1.29 is 0 Å². The maximum absolute atomic E-state index is 5.08. The molecule has 0 aliphatic rings. The van der Waals surface area contributed by atoms with Crippen LogP contribution in [0.4, 0.5) is 0 Å². The van der Waals surface area contributed by atoms with E-state index in [1.54, 1.807) is 0 Å². The van der Waals surface area contributed by atoms with E-state index in [-0.39, 0.29) is 12.4 Å². The van der Waals surface area contributed by atoms with Crippen molar-refractivity contribution in [3.8, 4) is 0 Å². The van der Waals surface area contributed by atoms with E-state index in [1.165, 1.54) is 11.9 Å².